The first kappa shape index (κ1) is 24.9. The number of para-hydroxylation sites is 1. The predicted molar refractivity (Wildman–Crippen MR) is 127 cm³/mol. The van der Waals surface area contributed by atoms with E-state index in [9.17, 15) is 4.39 Å². The SMILES string of the molecule is COc1ccccc1CN[C@@H]1CCc2ccccc2[C@H]1Cc1ccc(F)cc1.O=C(O)C(=O)O. The summed E-state index contributed by atoms with van der Waals surface area (Å²) in [5, 5.41) is 18.6. The minimum Gasteiger partial charge on any atom is -0.496 e. The zero-order valence-electron chi connectivity index (χ0n) is 18.9. The second kappa shape index (κ2) is 12.0. The van der Waals surface area contributed by atoms with Gasteiger partial charge in [0.2, 0.25) is 0 Å². The molecule has 0 saturated carbocycles. The molecule has 0 fully saturated rings. The summed E-state index contributed by atoms with van der Waals surface area (Å²) in [5.41, 5.74) is 5.19. The Kier molecular flexibility index (Phi) is 8.76. The lowest BCUT2D eigenvalue weighted by Crippen LogP contribution is -2.39. The monoisotopic (exact) mass is 465 g/mol. The van der Waals surface area contributed by atoms with E-state index in [-0.39, 0.29) is 5.82 Å². The molecule has 2 atom stereocenters. The Morgan fingerprint density at radius 2 is 1.62 bits per heavy atom. The van der Waals surface area contributed by atoms with Crippen LogP contribution in [0.3, 0.4) is 0 Å². The second-order valence-corrected chi connectivity index (χ2v) is 8.08. The van der Waals surface area contributed by atoms with E-state index in [2.05, 4.69) is 35.6 Å². The third-order valence-electron chi connectivity index (χ3n) is 5.96. The highest BCUT2D eigenvalue weighted by molar-refractivity contribution is 6.27. The average Bonchev–Trinajstić information content (AvgIpc) is 2.85. The lowest BCUT2D eigenvalue weighted by molar-refractivity contribution is -0.159. The van der Waals surface area contributed by atoms with Gasteiger partial charge in [-0.25, -0.2) is 14.0 Å². The van der Waals surface area contributed by atoms with Gasteiger partial charge < -0.3 is 20.3 Å². The van der Waals surface area contributed by atoms with Crippen molar-refractivity contribution in [2.75, 3.05) is 7.11 Å². The van der Waals surface area contributed by atoms with Crippen LogP contribution in [0.4, 0.5) is 4.39 Å². The number of aryl methyl sites for hydroxylation is 1. The highest BCUT2D eigenvalue weighted by Crippen LogP contribution is 2.35. The molecule has 0 saturated heterocycles. The molecule has 0 bridgehead atoms. The van der Waals surface area contributed by atoms with E-state index in [0.29, 0.717) is 12.0 Å². The van der Waals surface area contributed by atoms with Crippen LogP contribution >= 0.6 is 0 Å². The zero-order valence-corrected chi connectivity index (χ0v) is 18.9. The number of methoxy groups -OCH3 is 1. The van der Waals surface area contributed by atoms with Crippen molar-refractivity contribution in [1.82, 2.24) is 5.32 Å². The van der Waals surface area contributed by atoms with Crippen LogP contribution in [0.25, 0.3) is 0 Å². The maximum atomic E-state index is 13.3. The van der Waals surface area contributed by atoms with Gasteiger partial charge in [-0.05, 0) is 54.2 Å². The number of nitrogens with one attached hydrogen (secondary N) is 1. The van der Waals surface area contributed by atoms with E-state index >= 15 is 0 Å². The van der Waals surface area contributed by atoms with Gasteiger partial charge in [0.25, 0.3) is 0 Å². The molecule has 1 aliphatic carbocycles. The molecular formula is C27H28FNO5. The first-order valence-corrected chi connectivity index (χ1v) is 11.0. The maximum absolute atomic E-state index is 13.3. The van der Waals surface area contributed by atoms with E-state index in [1.54, 1.807) is 19.2 Å². The Bertz CT molecular complexity index is 1100. The molecule has 1 aliphatic rings. The van der Waals surface area contributed by atoms with Crippen molar-refractivity contribution in [2.24, 2.45) is 0 Å². The topological polar surface area (TPSA) is 95.9 Å². The number of aliphatic carboxylic acids is 2. The van der Waals surface area contributed by atoms with Crippen LogP contribution in [0.15, 0.2) is 72.8 Å². The van der Waals surface area contributed by atoms with Gasteiger partial charge in [-0.2, -0.15) is 0 Å². The number of carboxylic acids is 2. The van der Waals surface area contributed by atoms with Crippen molar-refractivity contribution in [3.8, 4) is 5.75 Å². The summed E-state index contributed by atoms with van der Waals surface area (Å²) in [4.78, 5) is 18.2. The number of ether oxygens (including phenoxy) is 1. The quantitative estimate of drug-likeness (QED) is 0.467. The molecule has 0 radical (unpaired) electrons. The molecule has 0 amide bonds. The summed E-state index contributed by atoms with van der Waals surface area (Å²) in [6.07, 6.45) is 3.08. The Balaban J connectivity index is 0.000000481. The number of carboxylic acid groups (broad SMARTS) is 2. The molecule has 3 aromatic rings. The Hall–Kier alpha value is -3.71. The number of halogens is 1. The molecule has 0 aliphatic heterocycles. The first-order chi connectivity index (χ1) is 16.4. The molecule has 0 heterocycles. The largest absolute Gasteiger partial charge is 0.496 e. The smallest absolute Gasteiger partial charge is 0.414 e. The summed E-state index contributed by atoms with van der Waals surface area (Å²) in [5.74, 6) is -2.55. The van der Waals surface area contributed by atoms with Crippen LogP contribution in [-0.4, -0.2) is 35.3 Å². The average molecular weight is 466 g/mol. The van der Waals surface area contributed by atoms with Gasteiger partial charge in [0.05, 0.1) is 7.11 Å². The number of hydrogen-bond donors (Lipinski definition) is 3. The summed E-state index contributed by atoms with van der Waals surface area (Å²) in [6, 6.07) is 24.2. The van der Waals surface area contributed by atoms with Crippen LogP contribution in [0.1, 0.15) is 34.6 Å². The van der Waals surface area contributed by atoms with Crippen LogP contribution in [0, 0.1) is 5.82 Å². The molecule has 0 spiro atoms. The minimum absolute atomic E-state index is 0.182. The van der Waals surface area contributed by atoms with E-state index in [1.165, 1.54) is 22.3 Å². The van der Waals surface area contributed by atoms with Gasteiger partial charge in [0, 0.05) is 24.1 Å². The van der Waals surface area contributed by atoms with E-state index < -0.39 is 11.9 Å². The molecule has 0 unspecified atom stereocenters. The number of hydrogen-bond acceptors (Lipinski definition) is 4. The van der Waals surface area contributed by atoms with Gasteiger partial charge >= 0.3 is 11.9 Å². The van der Waals surface area contributed by atoms with Crippen LogP contribution in [-0.2, 0) is 29.0 Å². The molecular weight excluding hydrogens is 437 g/mol. The third kappa shape index (κ3) is 6.65. The van der Waals surface area contributed by atoms with Crippen LogP contribution in [0.2, 0.25) is 0 Å². The van der Waals surface area contributed by atoms with Gasteiger partial charge in [-0.15, -0.1) is 0 Å². The van der Waals surface area contributed by atoms with Crippen molar-refractivity contribution in [2.45, 2.75) is 37.8 Å². The van der Waals surface area contributed by atoms with Crippen molar-refractivity contribution in [1.29, 1.82) is 0 Å². The lowest BCUT2D eigenvalue weighted by atomic mass is 9.76. The first-order valence-electron chi connectivity index (χ1n) is 11.0. The molecule has 178 valence electrons. The Labute approximate surface area is 198 Å². The molecule has 7 heteroatoms. The normalized spacial score (nSPS) is 16.5. The van der Waals surface area contributed by atoms with Crippen LogP contribution < -0.4 is 10.1 Å². The van der Waals surface area contributed by atoms with Gasteiger partial charge in [-0.3, -0.25) is 0 Å². The fourth-order valence-electron chi connectivity index (χ4n) is 4.31. The molecule has 4 rings (SSSR count). The highest BCUT2D eigenvalue weighted by atomic mass is 19.1. The lowest BCUT2D eigenvalue weighted by Gasteiger charge is -2.35. The summed E-state index contributed by atoms with van der Waals surface area (Å²) in [7, 11) is 1.72. The second-order valence-electron chi connectivity index (χ2n) is 8.08. The van der Waals surface area contributed by atoms with E-state index in [4.69, 9.17) is 24.5 Å². The standard InChI is InChI=1S/C25H26FNO.C2H2O4/c1-28-25-9-5-3-7-20(25)17-27-24-15-12-19-6-2-4-8-22(19)23(24)16-18-10-13-21(26)14-11-18;3-1(4)2(5)6/h2-11,13-14,23-24,27H,12,15-17H2,1H3;(H,3,4)(H,5,6)/t23-,24-;/m1./s1. The number of rotatable bonds is 6. The third-order valence-corrected chi connectivity index (χ3v) is 5.96. The van der Waals surface area contributed by atoms with E-state index in [0.717, 1.165) is 31.6 Å². The van der Waals surface area contributed by atoms with Gasteiger partial charge in [0.1, 0.15) is 11.6 Å². The molecule has 3 aromatic carbocycles. The fraction of sp³-hybridized carbons (Fsp3) is 0.259. The summed E-state index contributed by atoms with van der Waals surface area (Å²) in [6.45, 7) is 0.775. The molecule has 6 nitrogen and oxygen atoms in total. The van der Waals surface area contributed by atoms with Crippen molar-refractivity contribution >= 4 is 11.9 Å². The number of fused-ring (bicyclic) bond motifs is 1. The van der Waals surface area contributed by atoms with Crippen LogP contribution in [0.5, 0.6) is 5.75 Å². The van der Waals surface area contributed by atoms with Gasteiger partial charge in [-0.1, -0.05) is 54.6 Å². The fourth-order valence-corrected chi connectivity index (χ4v) is 4.31. The zero-order chi connectivity index (χ0) is 24.5. The minimum atomic E-state index is -1.82. The maximum Gasteiger partial charge on any atom is 0.414 e. The Morgan fingerprint density at radius 1 is 0.971 bits per heavy atom. The highest BCUT2D eigenvalue weighted by Gasteiger charge is 2.29. The predicted octanol–water partition coefficient (Wildman–Crippen LogP) is 4.42. The van der Waals surface area contributed by atoms with Crippen molar-refractivity contribution in [3.63, 3.8) is 0 Å². The molecule has 0 aromatic heterocycles. The number of carbonyl (C=O) groups is 2. The van der Waals surface area contributed by atoms with Crippen molar-refractivity contribution < 1.29 is 28.9 Å². The molecule has 34 heavy (non-hydrogen) atoms. The molecule has 3 N–H and O–H groups in total. The van der Waals surface area contributed by atoms with Gasteiger partial charge in [0.15, 0.2) is 0 Å². The number of benzene rings is 3. The van der Waals surface area contributed by atoms with Crippen molar-refractivity contribution in [3.05, 3.63) is 101 Å². The Morgan fingerprint density at radius 3 is 2.29 bits per heavy atom. The summed E-state index contributed by atoms with van der Waals surface area (Å²) >= 11 is 0. The summed E-state index contributed by atoms with van der Waals surface area (Å²) < 4.78 is 18.8. The van der Waals surface area contributed by atoms with E-state index in [1.807, 2.05) is 30.3 Å².